The summed E-state index contributed by atoms with van der Waals surface area (Å²) in [5, 5.41) is -2.22. The molecule has 9 heteroatoms. The van der Waals surface area contributed by atoms with Crippen LogP contribution in [0.4, 0.5) is 8.78 Å². The first-order valence-corrected chi connectivity index (χ1v) is 5.41. The second-order valence-corrected chi connectivity index (χ2v) is 4.11. The highest BCUT2D eigenvalue weighted by Gasteiger charge is 2.47. The van der Waals surface area contributed by atoms with Gasteiger partial charge in [-0.15, -0.1) is 0 Å². The van der Waals surface area contributed by atoms with Gasteiger partial charge in [0.25, 0.3) is 0 Å². The van der Waals surface area contributed by atoms with Gasteiger partial charge in [-0.3, -0.25) is 8.98 Å². The molecule has 0 radical (unpaired) electrons. The molecule has 1 aliphatic rings. The quantitative estimate of drug-likeness (QED) is 0.712. The van der Waals surface area contributed by atoms with Crippen LogP contribution in [0, 0.1) is 0 Å². The zero-order valence-corrected chi connectivity index (χ0v) is 9.22. The van der Waals surface area contributed by atoms with E-state index in [0.29, 0.717) is 13.2 Å². The summed E-state index contributed by atoms with van der Waals surface area (Å²) in [7, 11) is 0.820. The Balaban J connectivity index is 2.41. The van der Waals surface area contributed by atoms with Gasteiger partial charge in [-0.2, -0.15) is 8.78 Å². The van der Waals surface area contributed by atoms with E-state index >= 15 is 0 Å². The lowest BCUT2D eigenvalue weighted by Crippen LogP contribution is -2.46. The molecule has 16 heavy (non-hydrogen) atoms. The van der Waals surface area contributed by atoms with Gasteiger partial charge in [0.2, 0.25) is 11.1 Å². The van der Waals surface area contributed by atoms with Crippen LogP contribution in [0.25, 0.3) is 0 Å². The lowest BCUT2D eigenvalue weighted by Gasteiger charge is -2.15. The molecule has 1 rings (SSSR count). The average molecular weight is 259 g/mol. The van der Waals surface area contributed by atoms with E-state index in [0.717, 1.165) is 7.11 Å². The standard InChI is InChI=1S/C7H11F2NO5S/c1-13-16(12)7(8,9)6(11)10-4-5-14-2-3-15-5/h5H,2-4H2,1H3,(H,10,11). The number of amides is 1. The molecule has 0 aromatic heterocycles. The number of alkyl halides is 2. The van der Waals surface area contributed by atoms with Crippen molar-refractivity contribution in [2.45, 2.75) is 11.5 Å². The van der Waals surface area contributed by atoms with Crippen molar-refractivity contribution in [3.63, 3.8) is 0 Å². The third-order valence-corrected chi connectivity index (χ3v) is 2.65. The van der Waals surface area contributed by atoms with Gasteiger partial charge in [-0.1, -0.05) is 0 Å². The molecular formula is C7H11F2NO5S. The number of ether oxygens (including phenoxy) is 2. The van der Waals surface area contributed by atoms with Gasteiger partial charge in [0.15, 0.2) is 6.29 Å². The van der Waals surface area contributed by atoms with Crippen LogP contribution in [-0.4, -0.2) is 48.5 Å². The number of carbonyl (C=O) groups is 1. The maximum absolute atomic E-state index is 13.0. The number of hydrogen-bond acceptors (Lipinski definition) is 5. The van der Waals surface area contributed by atoms with Crippen LogP contribution in [0.2, 0.25) is 0 Å². The number of carbonyl (C=O) groups excluding carboxylic acids is 1. The summed E-state index contributed by atoms with van der Waals surface area (Å²) in [5.74, 6) is -1.69. The maximum Gasteiger partial charge on any atom is 0.421 e. The third-order valence-electron chi connectivity index (χ3n) is 1.75. The molecule has 0 aromatic carbocycles. The Labute approximate surface area is 92.9 Å². The first-order valence-electron chi connectivity index (χ1n) is 4.34. The second kappa shape index (κ2) is 5.62. The van der Waals surface area contributed by atoms with Gasteiger partial charge < -0.3 is 14.8 Å². The van der Waals surface area contributed by atoms with Gasteiger partial charge in [0, 0.05) is 0 Å². The van der Waals surface area contributed by atoms with Crippen LogP contribution in [0.1, 0.15) is 0 Å². The van der Waals surface area contributed by atoms with Gasteiger partial charge in [0.1, 0.15) is 0 Å². The van der Waals surface area contributed by atoms with E-state index in [4.69, 9.17) is 9.47 Å². The molecule has 1 aliphatic heterocycles. The molecule has 1 heterocycles. The number of hydrogen-bond donors (Lipinski definition) is 1. The Hall–Kier alpha value is -0.640. The Morgan fingerprint density at radius 1 is 1.56 bits per heavy atom. The van der Waals surface area contributed by atoms with Crippen molar-refractivity contribution in [3.05, 3.63) is 0 Å². The molecule has 1 fully saturated rings. The molecule has 1 unspecified atom stereocenters. The molecule has 0 aliphatic carbocycles. The smallest absolute Gasteiger partial charge is 0.348 e. The molecule has 0 spiro atoms. The Kier molecular flexibility index (Phi) is 4.71. The van der Waals surface area contributed by atoms with E-state index in [1.54, 1.807) is 0 Å². The second-order valence-electron chi connectivity index (χ2n) is 2.80. The topological polar surface area (TPSA) is 73.9 Å². The van der Waals surface area contributed by atoms with Crippen LogP contribution in [0.3, 0.4) is 0 Å². The molecule has 1 saturated heterocycles. The number of halogens is 2. The lowest BCUT2D eigenvalue weighted by molar-refractivity contribution is -0.137. The fourth-order valence-corrected chi connectivity index (χ4v) is 1.42. The molecule has 1 N–H and O–H groups in total. The zero-order valence-electron chi connectivity index (χ0n) is 8.40. The minimum absolute atomic E-state index is 0.227. The zero-order chi connectivity index (χ0) is 12.2. The largest absolute Gasteiger partial charge is 0.421 e. The highest BCUT2D eigenvalue weighted by Crippen LogP contribution is 2.19. The summed E-state index contributed by atoms with van der Waals surface area (Å²) in [6.45, 7) is 0.469. The molecule has 94 valence electrons. The number of nitrogens with one attached hydrogen (secondary N) is 1. The van der Waals surface area contributed by atoms with E-state index in [1.165, 1.54) is 0 Å². The summed E-state index contributed by atoms with van der Waals surface area (Å²) in [5.41, 5.74) is 0. The van der Waals surface area contributed by atoms with Crippen molar-refractivity contribution in [3.8, 4) is 0 Å². The van der Waals surface area contributed by atoms with Gasteiger partial charge in [0.05, 0.1) is 26.9 Å². The van der Waals surface area contributed by atoms with Gasteiger partial charge in [-0.05, 0) is 0 Å². The minimum Gasteiger partial charge on any atom is -0.348 e. The Bertz CT molecular complexity index is 282. The summed E-state index contributed by atoms with van der Waals surface area (Å²) < 4.78 is 50.4. The van der Waals surface area contributed by atoms with Crippen molar-refractivity contribution in [1.82, 2.24) is 5.32 Å². The molecule has 0 bridgehead atoms. The van der Waals surface area contributed by atoms with Crippen molar-refractivity contribution in [2.24, 2.45) is 0 Å². The lowest BCUT2D eigenvalue weighted by atomic mass is 10.5. The normalized spacial score (nSPS) is 19.7. The van der Waals surface area contributed by atoms with Gasteiger partial charge >= 0.3 is 11.2 Å². The SMILES string of the molecule is COS(=O)C(F)(F)C(=O)NCC1OCCO1. The highest BCUT2D eigenvalue weighted by atomic mass is 32.2. The highest BCUT2D eigenvalue weighted by molar-refractivity contribution is 7.82. The minimum atomic E-state index is -4.09. The Morgan fingerprint density at radius 3 is 2.62 bits per heavy atom. The number of rotatable bonds is 5. The molecule has 0 saturated carbocycles. The summed E-state index contributed by atoms with van der Waals surface area (Å²) in [4.78, 5) is 11.0. The summed E-state index contributed by atoms with van der Waals surface area (Å²) in [6.07, 6.45) is -0.740. The van der Waals surface area contributed by atoms with E-state index in [1.807, 2.05) is 5.32 Å². The monoisotopic (exact) mass is 259 g/mol. The van der Waals surface area contributed by atoms with Crippen LogP contribution >= 0.6 is 0 Å². The fraction of sp³-hybridized carbons (Fsp3) is 0.857. The predicted octanol–water partition coefficient (Wildman–Crippen LogP) is -0.622. The summed E-state index contributed by atoms with van der Waals surface area (Å²) >= 11 is -3.00. The molecule has 1 atom stereocenters. The van der Waals surface area contributed by atoms with Crippen LogP contribution < -0.4 is 5.32 Å². The van der Waals surface area contributed by atoms with E-state index < -0.39 is 28.5 Å². The third kappa shape index (κ3) is 3.17. The first-order chi connectivity index (χ1) is 7.48. The Morgan fingerprint density at radius 2 is 2.12 bits per heavy atom. The van der Waals surface area contributed by atoms with Crippen LogP contribution in [0.15, 0.2) is 0 Å². The van der Waals surface area contributed by atoms with Crippen LogP contribution in [0.5, 0.6) is 0 Å². The van der Waals surface area contributed by atoms with Crippen molar-refractivity contribution < 1.29 is 31.4 Å². The van der Waals surface area contributed by atoms with Crippen molar-refractivity contribution >= 4 is 17.0 Å². The molecular weight excluding hydrogens is 248 g/mol. The van der Waals surface area contributed by atoms with E-state index in [-0.39, 0.29) is 6.54 Å². The summed E-state index contributed by atoms with van der Waals surface area (Å²) in [6, 6.07) is 0. The van der Waals surface area contributed by atoms with Crippen molar-refractivity contribution in [1.29, 1.82) is 0 Å². The molecule has 0 aromatic rings. The predicted molar refractivity (Wildman–Crippen MR) is 48.8 cm³/mol. The molecule has 1 amide bonds. The average Bonchev–Trinajstić information content (AvgIpc) is 2.77. The fourth-order valence-electron chi connectivity index (χ4n) is 0.984. The van der Waals surface area contributed by atoms with Gasteiger partial charge in [-0.25, -0.2) is 4.21 Å². The van der Waals surface area contributed by atoms with E-state index in [2.05, 4.69) is 4.18 Å². The maximum atomic E-state index is 13.0. The first kappa shape index (κ1) is 13.4. The van der Waals surface area contributed by atoms with Crippen LogP contribution in [-0.2, 0) is 29.5 Å². The van der Waals surface area contributed by atoms with E-state index in [9.17, 15) is 17.8 Å². The van der Waals surface area contributed by atoms with Crippen molar-refractivity contribution in [2.75, 3.05) is 26.9 Å². The molecule has 6 nitrogen and oxygen atoms in total.